The first-order chi connectivity index (χ1) is 18.1. The highest BCUT2D eigenvalue weighted by Crippen LogP contribution is 2.68. The van der Waals surface area contributed by atoms with Gasteiger partial charge in [-0.05, 0) is 104 Å². The third-order valence-corrected chi connectivity index (χ3v) is 12.5. The highest BCUT2D eigenvalue weighted by Gasteiger charge is 2.65. The fraction of sp³-hybridized carbons (Fsp3) is 0.933. The van der Waals surface area contributed by atoms with Crippen LogP contribution >= 0.6 is 0 Å². The highest BCUT2D eigenvalue weighted by molar-refractivity contribution is 7.89. The van der Waals surface area contributed by atoms with Gasteiger partial charge in [0.1, 0.15) is 6.10 Å². The van der Waals surface area contributed by atoms with Gasteiger partial charge in [-0.2, -0.15) is 0 Å². The average molecular weight is 570 g/mol. The molecule has 12 unspecified atom stereocenters. The molecular formula is C30H51NO7S. The molecule has 4 aliphatic rings. The predicted octanol–water partition coefficient (Wildman–Crippen LogP) is 4.04. The molecule has 39 heavy (non-hydrogen) atoms. The van der Waals surface area contributed by atoms with Crippen molar-refractivity contribution in [2.24, 2.45) is 52.3 Å². The molecule has 4 fully saturated rings. The van der Waals surface area contributed by atoms with E-state index >= 15 is 0 Å². The summed E-state index contributed by atoms with van der Waals surface area (Å²) in [6, 6.07) is 0. The van der Waals surface area contributed by atoms with Crippen molar-refractivity contribution in [3.8, 4) is 0 Å². The number of nitrogens with one attached hydrogen (secondary N) is 1. The van der Waals surface area contributed by atoms with Crippen LogP contribution < -0.4 is 4.72 Å². The Bertz CT molecular complexity index is 1030. The molecule has 4 rings (SSSR count). The van der Waals surface area contributed by atoms with Gasteiger partial charge in [0.15, 0.2) is 0 Å². The molecule has 0 heterocycles. The van der Waals surface area contributed by atoms with E-state index in [2.05, 4.69) is 25.5 Å². The molecule has 0 saturated heterocycles. The zero-order chi connectivity index (χ0) is 28.9. The van der Waals surface area contributed by atoms with Crippen molar-refractivity contribution in [1.29, 1.82) is 0 Å². The predicted molar refractivity (Wildman–Crippen MR) is 149 cm³/mol. The lowest BCUT2D eigenvalue weighted by atomic mass is 9.43. The molecule has 12 atom stereocenters. The van der Waals surface area contributed by atoms with E-state index < -0.39 is 28.1 Å². The van der Waals surface area contributed by atoms with E-state index in [-0.39, 0.29) is 70.7 Å². The molecule has 0 aromatic rings. The molecule has 0 radical (unpaired) electrons. The van der Waals surface area contributed by atoms with Gasteiger partial charge in [0.2, 0.25) is 15.9 Å². The quantitative estimate of drug-likeness (QED) is 0.376. The van der Waals surface area contributed by atoms with Crippen LogP contribution in [0.3, 0.4) is 0 Å². The molecule has 8 nitrogen and oxygen atoms in total. The number of carbonyl (C=O) groups excluding carboxylic acids is 2. The Labute approximate surface area is 235 Å². The van der Waals surface area contributed by atoms with E-state index in [0.717, 1.165) is 44.8 Å². The van der Waals surface area contributed by atoms with Crippen LogP contribution in [0.2, 0.25) is 0 Å². The number of esters is 1. The van der Waals surface area contributed by atoms with E-state index in [0.29, 0.717) is 19.3 Å². The number of carbonyl (C=O) groups is 2. The number of amides is 1. The minimum atomic E-state index is -3.57. The second-order valence-electron chi connectivity index (χ2n) is 14.1. The molecule has 9 heteroatoms. The largest absolute Gasteiger partial charge is 0.462 e. The molecule has 0 aromatic heterocycles. The van der Waals surface area contributed by atoms with Crippen molar-refractivity contribution in [1.82, 2.24) is 4.72 Å². The minimum absolute atomic E-state index is 0.00107. The summed E-state index contributed by atoms with van der Waals surface area (Å²) in [4.78, 5) is 24.6. The van der Waals surface area contributed by atoms with E-state index in [1.807, 2.05) is 13.8 Å². The highest BCUT2D eigenvalue weighted by atomic mass is 32.2. The number of aliphatic hydroxyl groups is 2. The zero-order valence-corrected chi connectivity index (χ0v) is 25.5. The van der Waals surface area contributed by atoms with E-state index in [4.69, 9.17) is 4.74 Å². The van der Waals surface area contributed by atoms with Crippen LogP contribution in [0.4, 0.5) is 0 Å². The lowest BCUT2D eigenvalue weighted by Gasteiger charge is -2.63. The zero-order valence-electron chi connectivity index (χ0n) is 24.7. The second kappa shape index (κ2) is 11.2. The van der Waals surface area contributed by atoms with Crippen molar-refractivity contribution >= 4 is 21.9 Å². The molecule has 0 spiro atoms. The van der Waals surface area contributed by atoms with Crippen LogP contribution in [0.15, 0.2) is 0 Å². The Balaban J connectivity index is 1.47. The van der Waals surface area contributed by atoms with Gasteiger partial charge in [-0.3, -0.25) is 14.3 Å². The number of hydrogen-bond acceptors (Lipinski definition) is 7. The molecule has 4 aliphatic carbocycles. The fourth-order valence-corrected chi connectivity index (χ4v) is 10.0. The molecule has 0 bridgehead atoms. The van der Waals surface area contributed by atoms with E-state index in [1.165, 1.54) is 0 Å². The summed E-state index contributed by atoms with van der Waals surface area (Å²) in [5, 5.41) is 23.4. The van der Waals surface area contributed by atoms with Gasteiger partial charge in [-0.1, -0.05) is 34.6 Å². The fourth-order valence-electron chi connectivity index (χ4n) is 9.49. The summed E-state index contributed by atoms with van der Waals surface area (Å²) >= 11 is 0. The molecule has 4 saturated carbocycles. The Kier molecular flexibility index (Phi) is 8.86. The summed E-state index contributed by atoms with van der Waals surface area (Å²) in [6.07, 6.45) is 7.25. The molecule has 224 valence electrons. The summed E-state index contributed by atoms with van der Waals surface area (Å²) in [5.74, 6) is 0.469. The van der Waals surface area contributed by atoms with Crippen molar-refractivity contribution in [2.75, 3.05) is 6.26 Å². The van der Waals surface area contributed by atoms with Gasteiger partial charge < -0.3 is 14.9 Å². The second-order valence-corrected chi connectivity index (χ2v) is 15.8. The first kappa shape index (κ1) is 30.8. The first-order valence-electron chi connectivity index (χ1n) is 15.2. The van der Waals surface area contributed by atoms with Crippen LogP contribution in [0.1, 0.15) is 98.8 Å². The minimum Gasteiger partial charge on any atom is -0.462 e. The van der Waals surface area contributed by atoms with Gasteiger partial charge >= 0.3 is 5.97 Å². The first-order valence-corrected chi connectivity index (χ1v) is 17.1. The van der Waals surface area contributed by atoms with Crippen LogP contribution in [0, 0.1) is 52.3 Å². The van der Waals surface area contributed by atoms with E-state index in [9.17, 15) is 28.2 Å². The molecular weight excluding hydrogens is 518 g/mol. The van der Waals surface area contributed by atoms with Crippen LogP contribution in [-0.4, -0.2) is 55.1 Å². The number of ether oxygens (including phenoxy) is 1. The standard InChI is InChI=1S/C30H51NO7S/c1-7-17(2)28(35)38-20-12-13-29(4)19(14-20)15-24(32)27-22-10-9-21(30(22,5)25(33)16-23(27)29)18(3)8-11-26(34)31-39(6,36)37/h17-25,27,32-33H,7-16H2,1-6H3,(H,31,34). The number of aliphatic hydroxyl groups excluding tert-OH is 2. The van der Waals surface area contributed by atoms with Crippen LogP contribution in [-0.2, 0) is 24.3 Å². The maximum absolute atomic E-state index is 12.5. The normalized spacial score (nSPS) is 43.4. The van der Waals surface area contributed by atoms with Crippen LogP contribution in [0.5, 0.6) is 0 Å². The van der Waals surface area contributed by atoms with Gasteiger partial charge in [0, 0.05) is 6.42 Å². The maximum atomic E-state index is 12.5. The van der Waals surface area contributed by atoms with Gasteiger partial charge in [-0.15, -0.1) is 0 Å². The Morgan fingerprint density at radius 2 is 1.74 bits per heavy atom. The van der Waals surface area contributed by atoms with Crippen molar-refractivity contribution in [2.45, 2.75) is 117 Å². The molecule has 0 aromatic carbocycles. The lowest BCUT2D eigenvalue weighted by Crippen LogP contribution is -2.62. The van der Waals surface area contributed by atoms with Crippen molar-refractivity contribution < 1.29 is 33.0 Å². The topological polar surface area (TPSA) is 130 Å². The number of rotatable bonds is 8. The summed E-state index contributed by atoms with van der Waals surface area (Å²) in [7, 11) is -3.57. The van der Waals surface area contributed by atoms with E-state index in [1.54, 1.807) is 0 Å². The van der Waals surface area contributed by atoms with Crippen molar-refractivity contribution in [3.63, 3.8) is 0 Å². The monoisotopic (exact) mass is 569 g/mol. The number of hydrogen-bond donors (Lipinski definition) is 3. The lowest BCUT2D eigenvalue weighted by molar-refractivity contribution is -0.210. The Morgan fingerprint density at radius 3 is 2.38 bits per heavy atom. The summed E-state index contributed by atoms with van der Waals surface area (Å²) in [6.45, 7) is 10.6. The molecule has 1 amide bonds. The van der Waals surface area contributed by atoms with Gasteiger partial charge in [-0.25, -0.2) is 8.42 Å². The maximum Gasteiger partial charge on any atom is 0.308 e. The number of fused-ring (bicyclic) bond motifs is 5. The number of sulfonamides is 1. The third-order valence-electron chi connectivity index (χ3n) is 11.9. The van der Waals surface area contributed by atoms with Crippen molar-refractivity contribution in [3.05, 3.63) is 0 Å². The Hall–Kier alpha value is -1.19. The smallest absolute Gasteiger partial charge is 0.308 e. The Morgan fingerprint density at radius 1 is 1.05 bits per heavy atom. The summed E-state index contributed by atoms with van der Waals surface area (Å²) < 4.78 is 30.8. The van der Waals surface area contributed by atoms with Gasteiger partial charge in [0.05, 0.1) is 24.4 Å². The SMILES string of the molecule is CCC(C)C(=O)OC1CCC2(C)C(C1)CC(O)C1C2CC(O)C2(C)C(C(C)CCC(=O)NS(C)(=O)=O)CCC12. The molecule has 0 aliphatic heterocycles. The van der Waals surface area contributed by atoms with Crippen LogP contribution in [0.25, 0.3) is 0 Å². The third kappa shape index (κ3) is 5.78. The average Bonchev–Trinajstić information content (AvgIpc) is 3.21. The summed E-state index contributed by atoms with van der Waals surface area (Å²) in [5.41, 5.74) is -0.347. The molecule has 3 N–H and O–H groups in total. The van der Waals surface area contributed by atoms with Gasteiger partial charge in [0.25, 0.3) is 0 Å².